The Bertz CT molecular complexity index is 503. The van der Waals surface area contributed by atoms with E-state index in [1.165, 1.54) is 19.3 Å². The van der Waals surface area contributed by atoms with Crippen molar-refractivity contribution in [3.05, 3.63) is 18.5 Å². The third kappa shape index (κ3) is 3.04. The van der Waals surface area contributed by atoms with E-state index in [2.05, 4.69) is 15.3 Å². The molecule has 3 rings (SSSR count). The van der Waals surface area contributed by atoms with Crippen LogP contribution in [0.2, 0.25) is 0 Å². The second-order valence-electron chi connectivity index (χ2n) is 5.21. The number of rotatable bonds is 4. The number of pyridine rings is 1. The average molecular weight is 277 g/mol. The van der Waals surface area contributed by atoms with Crippen molar-refractivity contribution in [2.24, 2.45) is 5.92 Å². The molecule has 2 aromatic heterocycles. The number of hydrogen-bond donors (Lipinski definition) is 2. The predicted octanol–water partition coefficient (Wildman–Crippen LogP) is 3.04. The second-order valence-corrected chi connectivity index (χ2v) is 6.24. The minimum Gasteiger partial charge on any atom is -0.391 e. The van der Waals surface area contributed by atoms with Gasteiger partial charge in [0.25, 0.3) is 0 Å². The summed E-state index contributed by atoms with van der Waals surface area (Å²) < 4.78 is 1.13. The first-order valence-electron chi connectivity index (χ1n) is 6.95. The molecular formula is C14H19N3OS. The van der Waals surface area contributed by atoms with E-state index in [-0.39, 0.29) is 6.10 Å². The van der Waals surface area contributed by atoms with Gasteiger partial charge in [0.15, 0.2) is 5.13 Å². The molecule has 1 fully saturated rings. The molecule has 0 spiro atoms. The Morgan fingerprint density at radius 3 is 3.00 bits per heavy atom. The predicted molar refractivity (Wildman–Crippen MR) is 78.5 cm³/mol. The number of thiazole rings is 1. The molecule has 0 saturated heterocycles. The Labute approximate surface area is 116 Å². The molecule has 1 saturated carbocycles. The number of anilines is 1. The maximum atomic E-state index is 10.2. The van der Waals surface area contributed by atoms with Crippen LogP contribution < -0.4 is 5.32 Å². The molecule has 0 radical (unpaired) electrons. The van der Waals surface area contributed by atoms with Crippen LogP contribution in [-0.4, -0.2) is 27.7 Å². The van der Waals surface area contributed by atoms with Gasteiger partial charge in [0, 0.05) is 12.7 Å². The Kier molecular flexibility index (Phi) is 3.94. The van der Waals surface area contributed by atoms with Crippen LogP contribution in [0, 0.1) is 5.92 Å². The molecule has 0 aliphatic heterocycles. The molecule has 1 aliphatic carbocycles. The highest BCUT2D eigenvalue weighted by atomic mass is 32.1. The summed E-state index contributed by atoms with van der Waals surface area (Å²) in [4.78, 5) is 8.53. The van der Waals surface area contributed by atoms with Gasteiger partial charge < -0.3 is 10.4 Å². The quantitative estimate of drug-likeness (QED) is 0.902. The Morgan fingerprint density at radius 2 is 2.21 bits per heavy atom. The highest BCUT2D eigenvalue weighted by Gasteiger charge is 2.21. The van der Waals surface area contributed by atoms with E-state index in [1.807, 2.05) is 6.07 Å². The number of fused-ring (bicyclic) bond motifs is 1. The van der Waals surface area contributed by atoms with Gasteiger partial charge in [0.1, 0.15) is 5.52 Å². The van der Waals surface area contributed by atoms with E-state index in [4.69, 9.17) is 0 Å². The number of aromatic nitrogens is 2. The first-order chi connectivity index (χ1) is 9.33. The van der Waals surface area contributed by atoms with Crippen LogP contribution in [0.25, 0.3) is 10.2 Å². The fourth-order valence-corrected chi connectivity index (χ4v) is 3.57. The summed E-state index contributed by atoms with van der Waals surface area (Å²) >= 11 is 1.61. The molecule has 0 aromatic carbocycles. The molecule has 1 aliphatic rings. The van der Waals surface area contributed by atoms with Crippen molar-refractivity contribution in [1.82, 2.24) is 9.97 Å². The van der Waals surface area contributed by atoms with Gasteiger partial charge in [0.05, 0.1) is 17.0 Å². The van der Waals surface area contributed by atoms with Crippen LogP contribution in [0.4, 0.5) is 5.13 Å². The van der Waals surface area contributed by atoms with Gasteiger partial charge in [-0.2, -0.15) is 0 Å². The highest BCUT2D eigenvalue weighted by Crippen LogP contribution is 2.28. The Morgan fingerprint density at radius 1 is 1.37 bits per heavy atom. The van der Waals surface area contributed by atoms with E-state index in [0.29, 0.717) is 12.5 Å². The van der Waals surface area contributed by atoms with Crippen LogP contribution in [-0.2, 0) is 0 Å². The van der Waals surface area contributed by atoms with Gasteiger partial charge in [-0.25, -0.2) is 4.98 Å². The topological polar surface area (TPSA) is 58.0 Å². The Balaban J connectivity index is 1.58. The molecule has 2 N–H and O–H groups in total. The van der Waals surface area contributed by atoms with E-state index < -0.39 is 0 Å². The van der Waals surface area contributed by atoms with E-state index in [9.17, 15) is 5.11 Å². The van der Waals surface area contributed by atoms with Gasteiger partial charge in [-0.15, -0.1) is 0 Å². The number of nitrogens with one attached hydrogen (secondary N) is 1. The molecule has 2 heterocycles. The molecule has 1 unspecified atom stereocenters. The lowest BCUT2D eigenvalue weighted by Gasteiger charge is -2.26. The Hall–Kier alpha value is -1.20. The minimum absolute atomic E-state index is 0.259. The molecule has 2 aromatic rings. The zero-order chi connectivity index (χ0) is 13.1. The summed E-state index contributed by atoms with van der Waals surface area (Å²) in [5, 5.41) is 14.3. The zero-order valence-corrected chi connectivity index (χ0v) is 11.7. The number of aliphatic hydroxyl groups excluding tert-OH is 1. The summed E-state index contributed by atoms with van der Waals surface area (Å²) in [6.45, 7) is 0.595. The van der Waals surface area contributed by atoms with Crippen molar-refractivity contribution in [3.63, 3.8) is 0 Å². The molecule has 102 valence electrons. The third-order valence-electron chi connectivity index (χ3n) is 3.85. The smallest absolute Gasteiger partial charge is 0.183 e. The van der Waals surface area contributed by atoms with Gasteiger partial charge in [-0.3, -0.25) is 4.98 Å². The minimum atomic E-state index is -0.259. The van der Waals surface area contributed by atoms with E-state index in [0.717, 1.165) is 28.2 Å². The van der Waals surface area contributed by atoms with Crippen LogP contribution in [0.5, 0.6) is 0 Å². The standard InChI is InChI=1S/C14H19N3OS/c18-12(10-4-2-1-3-5-10)9-16-14-17-11-8-15-7-6-13(11)19-14/h6-8,10,12,18H,1-5,9H2,(H,16,17). The second kappa shape index (κ2) is 5.84. The molecular weight excluding hydrogens is 258 g/mol. The van der Waals surface area contributed by atoms with Crippen LogP contribution >= 0.6 is 11.3 Å². The monoisotopic (exact) mass is 277 g/mol. The fourth-order valence-electron chi connectivity index (χ4n) is 2.73. The van der Waals surface area contributed by atoms with Gasteiger partial charge in [-0.1, -0.05) is 30.6 Å². The normalized spacial score (nSPS) is 18.6. The summed E-state index contributed by atoms with van der Waals surface area (Å²) in [5.74, 6) is 0.456. The number of nitrogens with zero attached hydrogens (tertiary/aromatic N) is 2. The fraction of sp³-hybridized carbons (Fsp3) is 0.571. The van der Waals surface area contributed by atoms with Gasteiger partial charge in [0.2, 0.25) is 0 Å². The van der Waals surface area contributed by atoms with Crippen molar-refractivity contribution in [1.29, 1.82) is 0 Å². The maximum absolute atomic E-state index is 10.2. The summed E-state index contributed by atoms with van der Waals surface area (Å²) in [5.41, 5.74) is 0.919. The SMILES string of the molecule is OC(CNc1nc2cnccc2s1)C1CCCCC1. The van der Waals surface area contributed by atoms with Gasteiger partial charge in [-0.05, 0) is 24.8 Å². The summed E-state index contributed by atoms with van der Waals surface area (Å²) in [6.07, 6.45) is 9.45. The van der Waals surface area contributed by atoms with E-state index >= 15 is 0 Å². The van der Waals surface area contributed by atoms with Crippen LogP contribution in [0.3, 0.4) is 0 Å². The number of aliphatic hydroxyl groups is 1. The van der Waals surface area contributed by atoms with Crippen LogP contribution in [0.15, 0.2) is 18.5 Å². The molecule has 5 heteroatoms. The van der Waals surface area contributed by atoms with Crippen molar-refractivity contribution >= 4 is 26.7 Å². The highest BCUT2D eigenvalue weighted by molar-refractivity contribution is 7.22. The first-order valence-corrected chi connectivity index (χ1v) is 7.77. The first kappa shape index (κ1) is 12.8. The lowest BCUT2D eigenvalue weighted by molar-refractivity contribution is 0.0956. The summed E-state index contributed by atoms with van der Waals surface area (Å²) in [7, 11) is 0. The molecule has 0 amide bonds. The van der Waals surface area contributed by atoms with Crippen molar-refractivity contribution in [3.8, 4) is 0 Å². The van der Waals surface area contributed by atoms with Crippen molar-refractivity contribution in [2.45, 2.75) is 38.2 Å². The van der Waals surface area contributed by atoms with Gasteiger partial charge >= 0.3 is 0 Å². The number of hydrogen-bond acceptors (Lipinski definition) is 5. The molecule has 19 heavy (non-hydrogen) atoms. The average Bonchev–Trinajstić information content (AvgIpc) is 2.88. The van der Waals surface area contributed by atoms with Crippen LogP contribution in [0.1, 0.15) is 32.1 Å². The van der Waals surface area contributed by atoms with Crippen molar-refractivity contribution in [2.75, 3.05) is 11.9 Å². The summed E-state index contributed by atoms with van der Waals surface area (Å²) in [6, 6.07) is 1.97. The molecule has 0 bridgehead atoms. The maximum Gasteiger partial charge on any atom is 0.183 e. The van der Waals surface area contributed by atoms with E-state index in [1.54, 1.807) is 23.7 Å². The van der Waals surface area contributed by atoms with Crippen molar-refractivity contribution < 1.29 is 5.11 Å². The molecule has 4 nitrogen and oxygen atoms in total. The lowest BCUT2D eigenvalue weighted by Crippen LogP contribution is -2.29. The lowest BCUT2D eigenvalue weighted by atomic mass is 9.85. The third-order valence-corrected chi connectivity index (χ3v) is 4.84. The zero-order valence-electron chi connectivity index (χ0n) is 10.9. The largest absolute Gasteiger partial charge is 0.391 e. The molecule has 1 atom stereocenters.